The lowest BCUT2D eigenvalue weighted by Crippen LogP contribution is -2.43. The number of anilines is 1. The Morgan fingerprint density at radius 2 is 2.11 bits per heavy atom. The maximum absolute atomic E-state index is 13.6. The van der Waals surface area contributed by atoms with Crippen molar-refractivity contribution in [2.45, 2.75) is 44.1 Å². The maximum Gasteiger partial charge on any atom is 0.305 e. The van der Waals surface area contributed by atoms with Gasteiger partial charge < -0.3 is 15.4 Å². The van der Waals surface area contributed by atoms with E-state index in [1.807, 2.05) is 0 Å². The number of nitrogens with zero attached hydrogens (tertiary/aromatic N) is 3. The van der Waals surface area contributed by atoms with E-state index in [9.17, 15) is 19.1 Å². The quantitative estimate of drug-likeness (QED) is 0.622. The summed E-state index contributed by atoms with van der Waals surface area (Å²) in [6.07, 6.45) is 7.02. The molecule has 0 atom stereocenters. The van der Waals surface area contributed by atoms with Crippen LogP contribution in [0.15, 0.2) is 35.4 Å². The molecule has 0 aromatic carbocycles. The highest BCUT2D eigenvalue weighted by Gasteiger charge is 2.34. The summed E-state index contributed by atoms with van der Waals surface area (Å²) in [6.45, 7) is 0. The third kappa shape index (κ3) is 3.47. The molecule has 0 unspecified atom stereocenters. The summed E-state index contributed by atoms with van der Waals surface area (Å²) in [7, 11) is 0. The zero-order chi connectivity index (χ0) is 19.7. The van der Waals surface area contributed by atoms with E-state index >= 15 is 0 Å². The lowest BCUT2D eigenvalue weighted by molar-refractivity contribution is -0.138. The number of carbonyl (C=O) groups is 1. The largest absolute Gasteiger partial charge is 0.481 e. The van der Waals surface area contributed by atoms with Crippen molar-refractivity contribution in [1.82, 2.24) is 19.7 Å². The standard InChI is InChI=1S/C19H20FN5O3/c20-12-8-13-14(11-22-18(13)21-10-12)25-16(26)5-4-15(24-25)23-19(9-17(27)28)6-2-1-3-7-19/h4-5,8,10-11H,1-3,6-7,9H2,(H,21,22)(H,23,24)(H,27,28). The van der Waals surface area contributed by atoms with Gasteiger partial charge in [0.05, 0.1) is 18.3 Å². The van der Waals surface area contributed by atoms with Crippen LogP contribution in [0.25, 0.3) is 16.7 Å². The van der Waals surface area contributed by atoms with Crippen molar-refractivity contribution < 1.29 is 14.3 Å². The minimum atomic E-state index is -0.874. The Hall–Kier alpha value is -3.23. The summed E-state index contributed by atoms with van der Waals surface area (Å²) in [5, 5.41) is 17.4. The molecule has 4 rings (SSSR count). The van der Waals surface area contributed by atoms with Crippen LogP contribution in [-0.4, -0.2) is 36.4 Å². The van der Waals surface area contributed by atoms with Gasteiger partial charge in [-0.15, -0.1) is 5.10 Å². The molecule has 0 bridgehead atoms. The molecule has 0 aliphatic heterocycles. The highest BCUT2D eigenvalue weighted by molar-refractivity contribution is 5.85. The van der Waals surface area contributed by atoms with Crippen molar-refractivity contribution in [1.29, 1.82) is 0 Å². The number of aromatic amines is 1. The van der Waals surface area contributed by atoms with E-state index in [1.165, 1.54) is 16.8 Å². The van der Waals surface area contributed by atoms with Gasteiger partial charge in [-0.25, -0.2) is 9.37 Å². The second-order valence-electron chi connectivity index (χ2n) is 7.23. The molecule has 146 valence electrons. The molecular weight excluding hydrogens is 365 g/mol. The number of nitrogens with one attached hydrogen (secondary N) is 2. The van der Waals surface area contributed by atoms with Crippen LogP contribution in [0.3, 0.4) is 0 Å². The van der Waals surface area contributed by atoms with Crippen molar-refractivity contribution in [3.05, 3.63) is 46.8 Å². The normalized spacial score (nSPS) is 16.2. The first-order chi connectivity index (χ1) is 13.5. The fraction of sp³-hybridized carbons (Fsp3) is 0.368. The van der Waals surface area contributed by atoms with Gasteiger partial charge in [0, 0.05) is 23.2 Å². The maximum atomic E-state index is 13.6. The first kappa shape index (κ1) is 18.1. The molecule has 1 aliphatic rings. The Bertz CT molecular complexity index is 1080. The topological polar surface area (TPSA) is 113 Å². The van der Waals surface area contributed by atoms with Gasteiger partial charge in [0.15, 0.2) is 0 Å². The van der Waals surface area contributed by atoms with Gasteiger partial charge in [-0.2, -0.15) is 4.68 Å². The van der Waals surface area contributed by atoms with Gasteiger partial charge in [0.25, 0.3) is 5.56 Å². The average Bonchev–Trinajstić information content (AvgIpc) is 3.06. The summed E-state index contributed by atoms with van der Waals surface area (Å²) in [5.41, 5.74) is -0.149. The third-order valence-corrected chi connectivity index (χ3v) is 5.20. The predicted molar refractivity (Wildman–Crippen MR) is 101 cm³/mol. The molecule has 3 N–H and O–H groups in total. The number of H-pyrrole nitrogens is 1. The molecule has 1 saturated carbocycles. The summed E-state index contributed by atoms with van der Waals surface area (Å²) < 4.78 is 14.8. The Balaban J connectivity index is 1.73. The fourth-order valence-electron chi connectivity index (χ4n) is 3.93. The zero-order valence-corrected chi connectivity index (χ0v) is 15.1. The summed E-state index contributed by atoms with van der Waals surface area (Å²) in [6, 6.07) is 4.19. The van der Waals surface area contributed by atoms with Gasteiger partial charge in [-0.3, -0.25) is 9.59 Å². The molecule has 1 fully saturated rings. The number of pyridine rings is 1. The van der Waals surface area contributed by atoms with E-state index < -0.39 is 17.3 Å². The van der Waals surface area contributed by atoms with E-state index in [0.717, 1.165) is 38.3 Å². The number of halogens is 1. The summed E-state index contributed by atoms with van der Waals surface area (Å²) in [4.78, 5) is 30.6. The van der Waals surface area contributed by atoms with E-state index in [2.05, 4.69) is 20.4 Å². The second-order valence-corrected chi connectivity index (χ2v) is 7.23. The highest BCUT2D eigenvalue weighted by Crippen LogP contribution is 2.34. The minimum Gasteiger partial charge on any atom is -0.481 e. The second kappa shape index (κ2) is 7.06. The van der Waals surface area contributed by atoms with Crippen LogP contribution < -0.4 is 10.9 Å². The van der Waals surface area contributed by atoms with Crippen LogP contribution in [0.4, 0.5) is 10.2 Å². The van der Waals surface area contributed by atoms with Crippen LogP contribution in [0.2, 0.25) is 0 Å². The molecule has 0 saturated heterocycles. The van der Waals surface area contributed by atoms with Crippen LogP contribution in [0.1, 0.15) is 38.5 Å². The monoisotopic (exact) mass is 385 g/mol. The lowest BCUT2D eigenvalue weighted by Gasteiger charge is -2.37. The van der Waals surface area contributed by atoms with Crippen molar-refractivity contribution in [2.24, 2.45) is 0 Å². The first-order valence-corrected chi connectivity index (χ1v) is 9.19. The molecule has 28 heavy (non-hydrogen) atoms. The zero-order valence-electron chi connectivity index (χ0n) is 15.1. The number of aliphatic carboxylic acids is 1. The number of hydrogen-bond acceptors (Lipinski definition) is 5. The molecule has 0 amide bonds. The lowest BCUT2D eigenvalue weighted by atomic mass is 9.79. The number of fused-ring (bicyclic) bond motifs is 1. The van der Waals surface area contributed by atoms with Crippen molar-refractivity contribution in [2.75, 3.05) is 5.32 Å². The number of rotatable bonds is 5. The SMILES string of the molecule is O=C(O)CC1(Nc2ccc(=O)n(-c3c[nH]c4ncc(F)cc34)n2)CCCCC1. The smallest absolute Gasteiger partial charge is 0.305 e. The van der Waals surface area contributed by atoms with Gasteiger partial charge in [-0.1, -0.05) is 19.3 Å². The van der Waals surface area contributed by atoms with Gasteiger partial charge in [0.2, 0.25) is 0 Å². The fourth-order valence-corrected chi connectivity index (χ4v) is 3.93. The average molecular weight is 385 g/mol. The van der Waals surface area contributed by atoms with Crippen LogP contribution in [0, 0.1) is 5.82 Å². The number of carboxylic acids is 1. The van der Waals surface area contributed by atoms with Gasteiger partial charge >= 0.3 is 5.97 Å². The van der Waals surface area contributed by atoms with Crippen molar-refractivity contribution in [3.8, 4) is 5.69 Å². The molecular formula is C19H20FN5O3. The Kier molecular flexibility index (Phi) is 4.58. The van der Waals surface area contributed by atoms with Gasteiger partial charge in [-0.05, 0) is 25.0 Å². The highest BCUT2D eigenvalue weighted by atomic mass is 19.1. The molecule has 3 aromatic heterocycles. The number of carboxylic acid groups (broad SMARTS) is 1. The molecule has 0 radical (unpaired) electrons. The number of hydrogen-bond donors (Lipinski definition) is 3. The molecule has 3 heterocycles. The van der Waals surface area contributed by atoms with Crippen LogP contribution in [0.5, 0.6) is 0 Å². The Morgan fingerprint density at radius 1 is 1.32 bits per heavy atom. The number of aromatic nitrogens is 4. The predicted octanol–water partition coefficient (Wildman–Crippen LogP) is 2.84. The summed E-state index contributed by atoms with van der Waals surface area (Å²) in [5.74, 6) is -0.986. The molecule has 1 aliphatic carbocycles. The molecule has 9 heteroatoms. The van der Waals surface area contributed by atoms with E-state index in [0.29, 0.717) is 22.5 Å². The molecule has 8 nitrogen and oxygen atoms in total. The van der Waals surface area contributed by atoms with Crippen molar-refractivity contribution >= 4 is 22.8 Å². The third-order valence-electron chi connectivity index (χ3n) is 5.20. The van der Waals surface area contributed by atoms with Crippen LogP contribution in [-0.2, 0) is 4.79 Å². The van der Waals surface area contributed by atoms with E-state index in [-0.39, 0.29) is 12.0 Å². The van der Waals surface area contributed by atoms with E-state index in [1.54, 1.807) is 12.3 Å². The van der Waals surface area contributed by atoms with E-state index in [4.69, 9.17) is 0 Å². The molecule has 3 aromatic rings. The Labute approximate surface area is 159 Å². The van der Waals surface area contributed by atoms with Crippen molar-refractivity contribution in [3.63, 3.8) is 0 Å². The molecule has 0 spiro atoms. The van der Waals surface area contributed by atoms with Gasteiger partial charge in [0.1, 0.15) is 17.3 Å². The first-order valence-electron chi connectivity index (χ1n) is 9.19. The minimum absolute atomic E-state index is 0.0178. The Morgan fingerprint density at radius 3 is 2.86 bits per heavy atom. The van der Waals surface area contributed by atoms with Crippen LogP contribution >= 0.6 is 0 Å². The summed E-state index contributed by atoms with van der Waals surface area (Å²) >= 11 is 0.